The Morgan fingerprint density at radius 2 is 2.21 bits per heavy atom. The lowest BCUT2D eigenvalue weighted by Gasteiger charge is -2.12. The van der Waals surface area contributed by atoms with E-state index in [1.54, 1.807) is 18.8 Å². The van der Waals surface area contributed by atoms with Gasteiger partial charge in [-0.15, -0.1) is 5.10 Å². The number of imidazole rings is 1. The minimum absolute atomic E-state index is 0.242. The SMILES string of the molecule is COc1nn(C)cc1CNC(=O)N[C@@H](C)c1nc2ccccc2[nH]1. The van der Waals surface area contributed by atoms with Crippen LogP contribution in [0.3, 0.4) is 0 Å². The molecule has 0 aliphatic carbocycles. The summed E-state index contributed by atoms with van der Waals surface area (Å²) >= 11 is 0. The summed E-state index contributed by atoms with van der Waals surface area (Å²) in [6.07, 6.45) is 1.81. The molecular weight excluding hydrogens is 308 g/mol. The van der Waals surface area contributed by atoms with Gasteiger partial charge < -0.3 is 20.4 Å². The number of fused-ring (bicyclic) bond motifs is 1. The van der Waals surface area contributed by atoms with E-state index in [1.165, 1.54) is 0 Å². The van der Waals surface area contributed by atoms with Gasteiger partial charge in [0.15, 0.2) is 0 Å². The van der Waals surface area contributed by atoms with Crippen molar-refractivity contribution in [1.82, 2.24) is 30.4 Å². The molecule has 0 unspecified atom stereocenters. The van der Waals surface area contributed by atoms with Gasteiger partial charge in [0.2, 0.25) is 5.88 Å². The van der Waals surface area contributed by atoms with E-state index >= 15 is 0 Å². The number of aromatic amines is 1. The average molecular weight is 328 g/mol. The van der Waals surface area contributed by atoms with Crippen LogP contribution in [0.2, 0.25) is 0 Å². The van der Waals surface area contributed by atoms with Crippen molar-refractivity contribution in [2.75, 3.05) is 7.11 Å². The molecule has 2 amide bonds. The van der Waals surface area contributed by atoms with Crippen molar-refractivity contribution in [3.8, 4) is 5.88 Å². The molecule has 3 aromatic rings. The lowest BCUT2D eigenvalue weighted by Crippen LogP contribution is -2.37. The predicted molar refractivity (Wildman–Crippen MR) is 89.6 cm³/mol. The number of nitrogens with zero attached hydrogens (tertiary/aromatic N) is 3. The number of methoxy groups -OCH3 is 1. The molecule has 3 N–H and O–H groups in total. The summed E-state index contributed by atoms with van der Waals surface area (Å²) in [6.45, 7) is 2.21. The summed E-state index contributed by atoms with van der Waals surface area (Å²) in [7, 11) is 3.35. The van der Waals surface area contributed by atoms with Crippen LogP contribution in [-0.2, 0) is 13.6 Å². The van der Waals surface area contributed by atoms with Crippen molar-refractivity contribution in [3.05, 3.63) is 41.9 Å². The van der Waals surface area contributed by atoms with Crippen molar-refractivity contribution in [2.45, 2.75) is 19.5 Å². The molecule has 24 heavy (non-hydrogen) atoms. The van der Waals surface area contributed by atoms with Gasteiger partial charge in [0.05, 0.1) is 36.3 Å². The molecule has 0 aliphatic rings. The molecule has 0 bridgehead atoms. The monoisotopic (exact) mass is 328 g/mol. The van der Waals surface area contributed by atoms with Crippen LogP contribution >= 0.6 is 0 Å². The van der Waals surface area contributed by atoms with E-state index < -0.39 is 0 Å². The van der Waals surface area contributed by atoms with Crippen LogP contribution in [-0.4, -0.2) is 32.9 Å². The second kappa shape index (κ2) is 6.61. The van der Waals surface area contributed by atoms with Crippen LogP contribution in [0.1, 0.15) is 24.4 Å². The van der Waals surface area contributed by atoms with Gasteiger partial charge in [-0.25, -0.2) is 9.78 Å². The largest absolute Gasteiger partial charge is 0.480 e. The summed E-state index contributed by atoms with van der Waals surface area (Å²) < 4.78 is 6.81. The van der Waals surface area contributed by atoms with Crippen LogP contribution < -0.4 is 15.4 Å². The van der Waals surface area contributed by atoms with Crippen LogP contribution in [0.5, 0.6) is 5.88 Å². The standard InChI is InChI=1S/C16H20N6O2/c1-10(14-19-12-6-4-5-7-13(12)20-14)18-16(23)17-8-11-9-22(2)21-15(11)24-3/h4-7,9-10H,8H2,1-3H3,(H,19,20)(H2,17,18,23)/t10-/m0/s1. The van der Waals surface area contributed by atoms with E-state index in [0.29, 0.717) is 18.2 Å². The van der Waals surface area contributed by atoms with E-state index in [4.69, 9.17) is 4.74 Å². The van der Waals surface area contributed by atoms with Gasteiger partial charge in [0.25, 0.3) is 0 Å². The molecule has 1 aromatic carbocycles. The Morgan fingerprint density at radius 1 is 1.42 bits per heavy atom. The lowest BCUT2D eigenvalue weighted by atomic mass is 10.3. The second-order valence-electron chi connectivity index (χ2n) is 5.53. The fourth-order valence-electron chi connectivity index (χ4n) is 2.48. The Bertz CT molecular complexity index is 820. The Balaban J connectivity index is 1.59. The molecule has 1 atom stereocenters. The molecule has 0 radical (unpaired) electrons. The number of urea groups is 1. The van der Waals surface area contributed by atoms with E-state index in [-0.39, 0.29) is 12.1 Å². The first-order valence-corrected chi connectivity index (χ1v) is 7.62. The number of benzene rings is 1. The maximum absolute atomic E-state index is 12.1. The number of hydrogen-bond donors (Lipinski definition) is 3. The Morgan fingerprint density at radius 3 is 2.96 bits per heavy atom. The van der Waals surface area contributed by atoms with Gasteiger partial charge in [-0.2, -0.15) is 0 Å². The fourth-order valence-corrected chi connectivity index (χ4v) is 2.48. The Kier molecular flexibility index (Phi) is 4.37. The topological polar surface area (TPSA) is 96.9 Å². The van der Waals surface area contributed by atoms with E-state index in [9.17, 15) is 4.79 Å². The van der Waals surface area contributed by atoms with Crippen molar-refractivity contribution < 1.29 is 9.53 Å². The van der Waals surface area contributed by atoms with Gasteiger partial charge in [0, 0.05) is 13.2 Å². The van der Waals surface area contributed by atoms with Crippen molar-refractivity contribution in [2.24, 2.45) is 7.05 Å². The molecule has 2 heterocycles. The minimum atomic E-state index is -0.283. The summed E-state index contributed by atoms with van der Waals surface area (Å²) in [4.78, 5) is 19.8. The number of ether oxygens (including phenoxy) is 1. The number of aromatic nitrogens is 4. The number of aryl methyl sites for hydroxylation is 1. The predicted octanol–water partition coefficient (Wildman–Crippen LogP) is 1.87. The number of rotatable bonds is 5. The highest BCUT2D eigenvalue weighted by Crippen LogP contribution is 2.16. The number of hydrogen-bond acceptors (Lipinski definition) is 4. The molecule has 0 saturated heterocycles. The third kappa shape index (κ3) is 3.32. The maximum Gasteiger partial charge on any atom is 0.315 e. The quantitative estimate of drug-likeness (QED) is 0.666. The highest BCUT2D eigenvalue weighted by atomic mass is 16.5. The number of nitrogens with one attached hydrogen (secondary N) is 3. The van der Waals surface area contributed by atoms with Crippen LogP contribution in [0.15, 0.2) is 30.5 Å². The van der Waals surface area contributed by atoms with Crippen LogP contribution in [0.4, 0.5) is 4.79 Å². The number of carbonyl (C=O) groups excluding carboxylic acids is 1. The van der Waals surface area contributed by atoms with E-state index in [0.717, 1.165) is 16.6 Å². The van der Waals surface area contributed by atoms with Crippen molar-refractivity contribution in [1.29, 1.82) is 0 Å². The number of amides is 2. The molecule has 0 saturated carbocycles. The average Bonchev–Trinajstić information content (AvgIpc) is 3.15. The molecule has 0 spiro atoms. The van der Waals surface area contributed by atoms with Gasteiger partial charge in [-0.1, -0.05) is 12.1 Å². The van der Waals surface area contributed by atoms with E-state index in [2.05, 4.69) is 25.7 Å². The molecule has 0 aliphatic heterocycles. The smallest absolute Gasteiger partial charge is 0.315 e. The van der Waals surface area contributed by atoms with Gasteiger partial charge in [-0.05, 0) is 19.1 Å². The summed E-state index contributed by atoms with van der Waals surface area (Å²) in [5, 5.41) is 9.80. The fraction of sp³-hybridized carbons (Fsp3) is 0.312. The first-order chi connectivity index (χ1) is 11.6. The molecule has 3 rings (SSSR count). The summed E-state index contributed by atoms with van der Waals surface area (Å²) in [5.41, 5.74) is 2.63. The second-order valence-corrected chi connectivity index (χ2v) is 5.53. The first kappa shape index (κ1) is 15.9. The molecular formula is C16H20N6O2. The molecule has 8 nitrogen and oxygen atoms in total. The number of H-pyrrole nitrogens is 1. The first-order valence-electron chi connectivity index (χ1n) is 7.62. The van der Waals surface area contributed by atoms with Crippen LogP contribution in [0.25, 0.3) is 11.0 Å². The van der Waals surface area contributed by atoms with Crippen LogP contribution in [0, 0.1) is 0 Å². The van der Waals surface area contributed by atoms with Gasteiger partial charge in [-0.3, -0.25) is 4.68 Å². The summed E-state index contributed by atoms with van der Waals surface area (Å²) in [5.74, 6) is 1.22. The number of para-hydroxylation sites is 2. The third-order valence-corrected chi connectivity index (χ3v) is 3.66. The summed E-state index contributed by atoms with van der Waals surface area (Å²) in [6, 6.07) is 7.22. The molecule has 8 heteroatoms. The third-order valence-electron chi connectivity index (χ3n) is 3.66. The maximum atomic E-state index is 12.1. The lowest BCUT2D eigenvalue weighted by molar-refractivity contribution is 0.237. The zero-order valence-corrected chi connectivity index (χ0v) is 13.8. The van der Waals surface area contributed by atoms with Gasteiger partial charge in [0.1, 0.15) is 5.82 Å². The number of carbonyl (C=O) groups is 1. The highest BCUT2D eigenvalue weighted by molar-refractivity contribution is 5.76. The normalized spacial score (nSPS) is 12.1. The minimum Gasteiger partial charge on any atom is -0.480 e. The molecule has 0 fully saturated rings. The molecule has 126 valence electrons. The molecule has 2 aromatic heterocycles. The van der Waals surface area contributed by atoms with Crippen molar-refractivity contribution >= 4 is 17.1 Å². The van der Waals surface area contributed by atoms with Gasteiger partial charge >= 0.3 is 6.03 Å². The highest BCUT2D eigenvalue weighted by Gasteiger charge is 2.14. The Hall–Kier alpha value is -3.03. The van der Waals surface area contributed by atoms with Crippen molar-refractivity contribution in [3.63, 3.8) is 0 Å². The zero-order chi connectivity index (χ0) is 17.1. The zero-order valence-electron chi connectivity index (χ0n) is 13.8. The van der Waals surface area contributed by atoms with E-state index in [1.807, 2.05) is 37.4 Å². The Labute approximate surface area is 139 Å².